The van der Waals surface area contributed by atoms with E-state index in [1.54, 1.807) is 6.07 Å². The number of nitrogens with two attached hydrogens (primary N) is 1. The number of halogens is 1. The summed E-state index contributed by atoms with van der Waals surface area (Å²) in [6.45, 7) is 5.44. The first kappa shape index (κ1) is 12.5. The third-order valence-electron chi connectivity index (χ3n) is 2.79. The van der Waals surface area contributed by atoms with Gasteiger partial charge < -0.3 is 15.2 Å². The first-order valence-corrected chi connectivity index (χ1v) is 6.30. The van der Waals surface area contributed by atoms with E-state index in [1.807, 2.05) is 6.07 Å². The van der Waals surface area contributed by atoms with Crippen molar-refractivity contribution in [3.05, 3.63) is 22.7 Å². The topological polar surface area (TPSA) is 44.5 Å². The molecule has 1 aliphatic rings. The molecule has 0 bridgehead atoms. The largest absolute Gasteiger partial charge is 0.486 e. The van der Waals surface area contributed by atoms with Crippen LogP contribution in [-0.4, -0.2) is 13.2 Å². The fourth-order valence-corrected chi connectivity index (χ4v) is 2.29. The van der Waals surface area contributed by atoms with Crippen LogP contribution in [0.4, 0.5) is 0 Å². The summed E-state index contributed by atoms with van der Waals surface area (Å²) in [7, 11) is 0. The van der Waals surface area contributed by atoms with Crippen LogP contribution in [-0.2, 0) is 0 Å². The van der Waals surface area contributed by atoms with E-state index in [0.717, 1.165) is 17.7 Å². The van der Waals surface area contributed by atoms with Crippen LogP contribution in [0.15, 0.2) is 12.1 Å². The number of rotatable bonds is 3. The lowest BCUT2D eigenvalue weighted by molar-refractivity contribution is 0.171. The number of hydrogen-bond acceptors (Lipinski definition) is 3. The Morgan fingerprint density at radius 1 is 1.24 bits per heavy atom. The van der Waals surface area contributed by atoms with Crippen LogP contribution in [0.3, 0.4) is 0 Å². The Kier molecular flexibility index (Phi) is 3.79. The summed E-state index contributed by atoms with van der Waals surface area (Å²) in [5.74, 6) is 1.99. The van der Waals surface area contributed by atoms with Crippen LogP contribution in [0, 0.1) is 5.92 Å². The van der Waals surface area contributed by atoms with Gasteiger partial charge in [-0.3, -0.25) is 0 Å². The molecule has 0 amide bonds. The van der Waals surface area contributed by atoms with E-state index in [9.17, 15) is 0 Å². The monoisotopic (exact) mass is 255 g/mol. The smallest absolute Gasteiger partial charge is 0.162 e. The Labute approximate surface area is 107 Å². The molecule has 1 aliphatic heterocycles. The predicted molar refractivity (Wildman–Crippen MR) is 68.8 cm³/mol. The highest BCUT2D eigenvalue weighted by molar-refractivity contribution is 6.31. The van der Waals surface area contributed by atoms with Crippen molar-refractivity contribution >= 4 is 11.6 Å². The van der Waals surface area contributed by atoms with Crippen molar-refractivity contribution in [1.82, 2.24) is 0 Å². The standard InChI is InChI=1S/C13H18ClNO2/c1-8(2)5-11(15)9-6-12-13(7-10(9)14)17-4-3-16-12/h6-8,11H,3-5,15H2,1-2H3. The lowest BCUT2D eigenvalue weighted by Crippen LogP contribution is -2.18. The van der Waals surface area contributed by atoms with E-state index in [-0.39, 0.29) is 6.04 Å². The average molecular weight is 256 g/mol. The molecular formula is C13H18ClNO2. The Bertz CT molecular complexity index is 407. The average Bonchev–Trinajstić information content (AvgIpc) is 2.27. The third kappa shape index (κ3) is 2.85. The maximum atomic E-state index is 6.22. The van der Waals surface area contributed by atoms with Crippen LogP contribution in [0.5, 0.6) is 11.5 Å². The lowest BCUT2D eigenvalue weighted by Gasteiger charge is -2.22. The van der Waals surface area contributed by atoms with Crippen molar-refractivity contribution in [3.63, 3.8) is 0 Å². The molecular weight excluding hydrogens is 238 g/mol. The van der Waals surface area contributed by atoms with Gasteiger partial charge in [0.15, 0.2) is 11.5 Å². The molecule has 1 atom stereocenters. The molecule has 0 aromatic heterocycles. The summed E-state index contributed by atoms with van der Waals surface area (Å²) in [4.78, 5) is 0. The molecule has 3 nitrogen and oxygen atoms in total. The van der Waals surface area contributed by atoms with Gasteiger partial charge in [0.25, 0.3) is 0 Å². The Morgan fingerprint density at radius 3 is 2.41 bits per heavy atom. The zero-order valence-corrected chi connectivity index (χ0v) is 11.0. The summed E-state index contributed by atoms with van der Waals surface area (Å²) >= 11 is 6.22. The molecule has 2 N–H and O–H groups in total. The molecule has 0 spiro atoms. The fourth-order valence-electron chi connectivity index (χ4n) is 2.00. The molecule has 0 aliphatic carbocycles. The maximum absolute atomic E-state index is 6.22. The van der Waals surface area contributed by atoms with Crippen molar-refractivity contribution in [1.29, 1.82) is 0 Å². The minimum atomic E-state index is -0.0571. The van der Waals surface area contributed by atoms with Gasteiger partial charge in [0, 0.05) is 17.1 Å². The van der Waals surface area contributed by atoms with Crippen molar-refractivity contribution in [3.8, 4) is 11.5 Å². The van der Waals surface area contributed by atoms with Gasteiger partial charge in [-0.25, -0.2) is 0 Å². The lowest BCUT2D eigenvalue weighted by atomic mass is 9.97. The molecule has 4 heteroatoms. The van der Waals surface area contributed by atoms with Crippen LogP contribution >= 0.6 is 11.6 Å². The van der Waals surface area contributed by atoms with Crippen molar-refractivity contribution in [2.45, 2.75) is 26.3 Å². The number of ether oxygens (including phenoxy) is 2. The second-order valence-corrected chi connectivity index (χ2v) is 5.16. The zero-order valence-electron chi connectivity index (χ0n) is 10.2. The van der Waals surface area contributed by atoms with Crippen LogP contribution in [0.2, 0.25) is 5.02 Å². The first-order valence-electron chi connectivity index (χ1n) is 5.92. The molecule has 94 valence electrons. The van der Waals surface area contributed by atoms with E-state index < -0.39 is 0 Å². The van der Waals surface area contributed by atoms with Crippen molar-refractivity contribution in [2.24, 2.45) is 11.7 Å². The summed E-state index contributed by atoms with van der Waals surface area (Å²) in [6, 6.07) is 3.65. The van der Waals surface area contributed by atoms with Gasteiger partial charge in [-0.2, -0.15) is 0 Å². The highest BCUT2D eigenvalue weighted by Crippen LogP contribution is 2.38. The summed E-state index contributed by atoms with van der Waals surface area (Å²) in [6.07, 6.45) is 0.902. The van der Waals surface area contributed by atoms with Gasteiger partial charge in [0.1, 0.15) is 13.2 Å². The van der Waals surface area contributed by atoms with E-state index >= 15 is 0 Å². The summed E-state index contributed by atoms with van der Waals surface area (Å²) in [5.41, 5.74) is 7.08. The number of benzene rings is 1. The number of fused-ring (bicyclic) bond motifs is 1. The Morgan fingerprint density at radius 2 is 1.82 bits per heavy atom. The molecule has 1 unspecified atom stereocenters. The molecule has 0 saturated carbocycles. The molecule has 0 saturated heterocycles. The highest BCUT2D eigenvalue weighted by Gasteiger charge is 2.19. The van der Waals surface area contributed by atoms with Crippen LogP contribution < -0.4 is 15.2 Å². The Balaban J connectivity index is 2.28. The maximum Gasteiger partial charge on any atom is 0.162 e. The second kappa shape index (κ2) is 5.15. The van der Waals surface area contributed by atoms with Crippen molar-refractivity contribution in [2.75, 3.05) is 13.2 Å². The van der Waals surface area contributed by atoms with Gasteiger partial charge in [0.05, 0.1) is 0 Å². The van der Waals surface area contributed by atoms with Crippen LogP contribution in [0.1, 0.15) is 31.9 Å². The minimum Gasteiger partial charge on any atom is -0.486 e. The van der Waals surface area contributed by atoms with Gasteiger partial charge in [-0.1, -0.05) is 25.4 Å². The summed E-state index contributed by atoms with van der Waals surface area (Å²) < 4.78 is 11.0. The second-order valence-electron chi connectivity index (χ2n) is 4.75. The predicted octanol–water partition coefficient (Wildman–Crippen LogP) is 3.16. The van der Waals surface area contributed by atoms with Gasteiger partial charge in [-0.05, 0) is 24.0 Å². The molecule has 0 fully saturated rings. The molecule has 1 aromatic rings. The van der Waals surface area contributed by atoms with E-state index in [2.05, 4.69) is 13.8 Å². The molecule has 1 heterocycles. The van der Waals surface area contributed by atoms with Crippen molar-refractivity contribution < 1.29 is 9.47 Å². The highest BCUT2D eigenvalue weighted by atomic mass is 35.5. The molecule has 17 heavy (non-hydrogen) atoms. The van der Waals surface area contributed by atoms with E-state index in [1.165, 1.54) is 0 Å². The summed E-state index contributed by atoms with van der Waals surface area (Å²) in [5, 5.41) is 0.655. The SMILES string of the molecule is CC(C)CC(N)c1cc2c(cc1Cl)OCCO2. The van der Waals surface area contributed by atoms with Gasteiger partial charge in [-0.15, -0.1) is 0 Å². The van der Waals surface area contributed by atoms with Gasteiger partial charge in [0.2, 0.25) is 0 Å². The van der Waals surface area contributed by atoms with Gasteiger partial charge >= 0.3 is 0 Å². The third-order valence-corrected chi connectivity index (χ3v) is 3.11. The minimum absolute atomic E-state index is 0.0571. The van der Waals surface area contributed by atoms with E-state index in [4.69, 9.17) is 26.8 Å². The zero-order chi connectivity index (χ0) is 12.4. The molecule has 1 aromatic carbocycles. The van der Waals surface area contributed by atoms with Crippen LogP contribution in [0.25, 0.3) is 0 Å². The normalized spacial score (nSPS) is 16.1. The number of hydrogen-bond donors (Lipinski definition) is 1. The first-order chi connectivity index (χ1) is 8.08. The van der Waals surface area contributed by atoms with E-state index in [0.29, 0.717) is 29.9 Å². The molecule has 2 rings (SSSR count). The quantitative estimate of drug-likeness (QED) is 0.902. The Hall–Kier alpha value is -0.930. The molecule has 0 radical (unpaired) electrons. The fraction of sp³-hybridized carbons (Fsp3) is 0.538.